The van der Waals surface area contributed by atoms with E-state index in [-0.39, 0.29) is 6.10 Å². The monoisotopic (exact) mass is 242 g/mol. The van der Waals surface area contributed by atoms with Gasteiger partial charge in [-0.25, -0.2) is 0 Å². The zero-order chi connectivity index (χ0) is 12.9. The Labute approximate surface area is 107 Å². The summed E-state index contributed by atoms with van der Waals surface area (Å²) in [6, 6.07) is 0. The average Bonchev–Trinajstić information content (AvgIpc) is 2.34. The number of hydrogen-bond acceptors (Lipinski definition) is 2. The molecule has 0 saturated carbocycles. The lowest BCUT2D eigenvalue weighted by molar-refractivity contribution is -0.129. The standard InChI is InChI=1S/C15H30O2/c1-4-6-7-8-9-10-11-13-14(16)15(17-3)12-5-2/h15H,4-13H2,1-3H3. The lowest BCUT2D eigenvalue weighted by Gasteiger charge is -2.12. The van der Waals surface area contributed by atoms with Crippen molar-refractivity contribution >= 4 is 5.78 Å². The SMILES string of the molecule is CCCCCCCCCC(=O)C(CCC)OC. The highest BCUT2D eigenvalue weighted by molar-refractivity contribution is 5.82. The predicted molar refractivity (Wildman–Crippen MR) is 73.3 cm³/mol. The van der Waals surface area contributed by atoms with Crippen LogP contribution in [0.3, 0.4) is 0 Å². The smallest absolute Gasteiger partial charge is 0.161 e. The van der Waals surface area contributed by atoms with Gasteiger partial charge in [-0.15, -0.1) is 0 Å². The summed E-state index contributed by atoms with van der Waals surface area (Å²) in [5.74, 6) is 0.294. The fraction of sp³-hybridized carbons (Fsp3) is 0.933. The maximum Gasteiger partial charge on any atom is 0.161 e. The van der Waals surface area contributed by atoms with E-state index in [1.165, 1.54) is 38.5 Å². The van der Waals surface area contributed by atoms with Gasteiger partial charge in [-0.3, -0.25) is 4.79 Å². The van der Waals surface area contributed by atoms with Gasteiger partial charge in [0.2, 0.25) is 0 Å². The number of carbonyl (C=O) groups is 1. The lowest BCUT2D eigenvalue weighted by atomic mass is 10.0. The maximum absolute atomic E-state index is 11.8. The summed E-state index contributed by atoms with van der Waals surface area (Å²) in [6.07, 6.45) is 11.3. The summed E-state index contributed by atoms with van der Waals surface area (Å²) in [6.45, 7) is 4.32. The van der Waals surface area contributed by atoms with E-state index in [1.54, 1.807) is 7.11 Å². The molecule has 0 aliphatic rings. The van der Waals surface area contributed by atoms with E-state index in [2.05, 4.69) is 13.8 Å². The van der Waals surface area contributed by atoms with Gasteiger partial charge < -0.3 is 4.74 Å². The van der Waals surface area contributed by atoms with E-state index < -0.39 is 0 Å². The molecule has 0 fully saturated rings. The normalized spacial score (nSPS) is 12.6. The first kappa shape index (κ1) is 16.6. The van der Waals surface area contributed by atoms with E-state index in [0.717, 1.165) is 19.3 Å². The Morgan fingerprint density at radius 2 is 1.53 bits per heavy atom. The van der Waals surface area contributed by atoms with Crippen LogP contribution in [0, 0.1) is 0 Å². The molecule has 2 nitrogen and oxygen atoms in total. The van der Waals surface area contributed by atoms with Crippen LogP contribution in [-0.4, -0.2) is 19.0 Å². The van der Waals surface area contributed by atoms with Crippen LogP contribution in [0.4, 0.5) is 0 Å². The van der Waals surface area contributed by atoms with Gasteiger partial charge in [0.05, 0.1) is 0 Å². The van der Waals surface area contributed by atoms with Crippen molar-refractivity contribution < 1.29 is 9.53 Å². The van der Waals surface area contributed by atoms with Crippen LogP contribution >= 0.6 is 0 Å². The highest BCUT2D eigenvalue weighted by Crippen LogP contribution is 2.11. The fourth-order valence-corrected chi connectivity index (χ4v) is 2.09. The Hall–Kier alpha value is -0.370. The molecule has 0 aromatic rings. The van der Waals surface area contributed by atoms with Gasteiger partial charge in [-0.05, 0) is 12.8 Å². The van der Waals surface area contributed by atoms with Crippen LogP contribution in [0.2, 0.25) is 0 Å². The molecule has 102 valence electrons. The first-order valence-corrected chi connectivity index (χ1v) is 7.31. The van der Waals surface area contributed by atoms with E-state index in [1.807, 2.05) is 0 Å². The molecule has 1 unspecified atom stereocenters. The molecule has 0 aliphatic carbocycles. The Morgan fingerprint density at radius 1 is 0.941 bits per heavy atom. The minimum Gasteiger partial charge on any atom is -0.374 e. The second-order valence-corrected chi connectivity index (χ2v) is 4.85. The van der Waals surface area contributed by atoms with Crippen LogP contribution in [-0.2, 0) is 9.53 Å². The second-order valence-electron chi connectivity index (χ2n) is 4.85. The number of ketones is 1. The van der Waals surface area contributed by atoms with Gasteiger partial charge in [0.15, 0.2) is 5.78 Å². The fourth-order valence-electron chi connectivity index (χ4n) is 2.09. The highest BCUT2D eigenvalue weighted by Gasteiger charge is 2.15. The molecule has 2 heteroatoms. The molecule has 0 N–H and O–H groups in total. The van der Waals surface area contributed by atoms with Crippen molar-refractivity contribution in [2.75, 3.05) is 7.11 Å². The van der Waals surface area contributed by atoms with E-state index in [0.29, 0.717) is 12.2 Å². The lowest BCUT2D eigenvalue weighted by Crippen LogP contribution is -2.22. The van der Waals surface area contributed by atoms with Gasteiger partial charge in [0.25, 0.3) is 0 Å². The second kappa shape index (κ2) is 12.1. The van der Waals surface area contributed by atoms with Crippen molar-refractivity contribution in [2.24, 2.45) is 0 Å². The molecule has 0 radical (unpaired) electrons. The molecule has 0 aliphatic heterocycles. The minimum absolute atomic E-state index is 0.153. The Bertz CT molecular complexity index is 178. The largest absolute Gasteiger partial charge is 0.374 e. The highest BCUT2D eigenvalue weighted by atomic mass is 16.5. The number of ether oxygens (including phenoxy) is 1. The molecule has 0 amide bonds. The van der Waals surface area contributed by atoms with E-state index in [9.17, 15) is 4.79 Å². The quantitative estimate of drug-likeness (QED) is 0.471. The third-order valence-electron chi connectivity index (χ3n) is 3.22. The summed E-state index contributed by atoms with van der Waals surface area (Å²) >= 11 is 0. The maximum atomic E-state index is 11.8. The van der Waals surface area contributed by atoms with Crippen molar-refractivity contribution in [3.05, 3.63) is 0 Å². The summed E-state index contributed by atoms with van der Waals surface area (Å²) < 4.78 is 5.21. The summed E-state index contributed by atoms with van der Waals surface area (Å²) in [5, 5.41) is 0. The van der Waals surface area contributed by atoms with E-state index >= 15 is 0 Å². The summed E-state index contributed by atoms with van der Waals surface area (Å²) in [7, 11) is 1.64. The molecule has 1 atom stereocenters. The molecule has 0 rings (SSSR count). The molecule has 0 aromatic carbocycles. The number of unbranched alkanes of at least 4 members (excludes halogenated alkanes) is 6. The third-order valence-corrected chi connectivity index (χ3v) is 3.22. The van der Waals surface area contributed by atoms with Crippen LogP contribution in [0.1, 0.15) is 78.1 Å². The molecular formula is C15H30O2. The van der Waals surface area contributed by atoms with Crippen molar-refractivity contribution in [3.63, 3.8) is 0 Å². The van der Waals surface area contributed by atoms with Gasteiger partial charge in [0.1, 0.15) is 6.10 Å². The van der Waals surface area contributed by atoms with Crippen LogP contribution in [0.25, 0.3) is 0 Å². The van der Waals surface area contributed by atoms with Gasteiger partial charge in [-0.2, -0.15) is 0 Å². The third kappa shape index (κ3) is 9.34. The first-order chi connectivity index (χ1) is 8.26. The number of methoxy groups -OCH3 is 1. The van der Waals surface area contributed by atoms with Gasteiger partial charge in [-0.1, -0.05) is 58.8 Å². The van der Waals surface area contributed by atoms with Crippen LogP contribution < -0.4 is 0 Å². The number of rotatable bonds is 12. The molecule has 0 bridgehead atoms. The molecule has 17 heavy (non-hydrogen) atoms. The van der Waals surface area contributed by atoms with Crippen molar-refractivity contribution in [1.29, 1.82) is 0 Å². The molecule has 0 spiro atoms. The zero-order valence-electron chi connectivity index (χ0n) is 12.0. The molecular weight excluding hydrogens is 212 g/mol. The number of hydrogen-bond donors (Lipinski definition) is 0. The van der Waals surface area contributed by atoms with Crippen molar-refractivity contribution in [3.8, 4) is 0 Å². The molecule has 0 aromatic heterocycles. The van der Waals surface area contributed by atoms with Gasteiger partial charge in [0, 0.05) is 13.5 Å². The summed E-state index contributed by atoms with van der Waals surface area (Å²) in [5.41, 5.74) is 0. The molecule has 0 heterocycles. The molecule has 0 saturated heterocycles. The van der Waals surface area contributed by atoms with E-state index in [4.69, 9.17) is 4.74 Å². The van der Waals surface area contributed by atoms with Crippen LogP contribution in [0.15, 0.2) is 0 Å². The Balaban J connectivity index is 3.43. The van der Waals surface area contributed by atoms with Gasteiger partial charge >= 0.3 is 0 Å². The van der Waals surface area contributed by atoms with Crippen molar-refractivity contribution in [2.45, 2.75) is 84.2 Å². The Kier molecular flexibility index (Phi) is 11.8. The van der Waals surface area contributed by atoms with Crippen molar-refractivity contribution in [1.82, 2.24) is 0 Å². The number of carbonyl (C=O) groups excluding carboxylic acids is 1. The summed E-state index contributed by atoms with van der Waals surface area (Å²) in [4.78, 5) is 11.8. The van der Waals surface area contributed by atoms with Crippen LogP contribution in [0.5, 0.6) is 0 Å². The topological polar surface area (TPSA) is 26.3 Å². The zero-order valence-corrected chi connectivity index (χ0v) is 12.0. The minimum atomic E-state index is -0.153. The first-order valence-electron chi connectivity index (χ1n) is 7.31. The number of Topliss-reactive ketones (excluding diaryl/α,β-unsaturated/α-hetero) is 1. The predicted octanol–water partition coefficient (Wildman–Crippen LogP) is 4.51. The Morgan fingerprint density at radius 3 is 2.06 bits per heavy atom. The average molecular weight is 242 g/mol.